The van der Waals surface area contributed by atoms with Crippen molar-refractivity contribution in [2.75, 3.05) is 13.1 Å². The van der Waals surface area contributed by atoms with Gasteiger partial charge in [-0.2, -0.15) is 0 Å². The van der Waals surface area contributed by atoms with Crippen molar-refractivity contribution in [1.29, 1.82) is 0 Å². The standard InChI is InChI=1S/C15H21BrFNO/c1-14(2)9-18(10-15(3,4)19-14)8-11-5-6-13(17)12(16)7-11/h5-7H,8-10H2,1-4H3. The summed E-state index contributed by atoms with van der Waals surface area (Å²) in [6.45, 7) is 11.0. The van der Waals surface area contributed by atoms with Crippen molar-refractivity contribution in [2.24, 2.45) is 0 Å². The quantitative estimate of drug-likeness (QED) is 0.813. The zero-order chi connectivity index (χ0) is 14.3. The Morgan fingerprint density at radius 3 is 2.32 bits per heavy atom. The minimum absolute atomic E-state index is 0.154. The molecule has 0 spiro atoms. The molecule has 0 aliphatic carbocycles. The Hall–Kier alpha value is -0.450. The van der Waals surface area contributed by atoms with Gasteiger partial charge < -0.3 is 4.74 Å². The van der Waals surface area contributed by atoms with Crippen LogP contribution in [0.15, 0.2) is 22.7 Å². The SMILES string of the molecule is CC1(C)CN(Cc2ccc(F)c(Br)c2)CC(C)(C)O1. The third-order valence-electron chi connectivity index (χ3n) is 3.15. The first-order chi connectivity index (χ1) is 8.67. The van der Waals surface area contributed by atoms with Crippen molar-refractivity contribution in [3.63, 3.8) is 0 Å². The molecule has 1 heterocycles. The van der Waals surface area contributed by atoms with Gasteiger partial charge in [0.25, 0.3) is 0 Å². The monoisotopic (exact) mass is 329 g/mol. The van der Waals surface area contributed by atoms with E-state index in [0.29, 0.717) is 4.47 Å². The fourth-order valence-electron chi connectivity index (χ4n) is 2.95. The van der Waals surface area contributed by atoms with Crippen LogP contribution in [0.2, 0.25) is 0 Å². The molecule has 0 aromatic heterocycles. The van der Waals surface area contributed by atoms with Crippen molar-refractivity contribution >= 4 is 15.9 Å². The Bertz CT molecular complexity index is 457. The second-order valence-electron chi connectivity index (χ2n) is 6.52. The molecule has 1 aliphatic heterocycles. The number of benzene rings is 1. The molecule has 4 heteroatoms. The van der Waals surface area contributed by atoms with E-state index < -0.39 is 0 Å². The van der Waals surface area contributed by atoms with E-state index in [4.69, 9.17) is 4.74 Å². The summed E-state index contributed by atoms with van der Waals surface area (Å²) in [5.41, 5.74) is 0.805. The minimum Gasteiger partial charge on any atom is -0.367 e. The Morgan fingerprint density at radius 1 is 1.21 bits per heavy atom. The predicted molar refractivity (Wildman–Crippen MR) is 78.6 cm³/mol. The predicted octanol–water partition coefficient (Wildman–Crippen LogP) is 3.98. The average molecular weight is 330 g/mol. The number of rotatable bonds is 2. The van der Waals surface area contributed by atoms with Crippen molar-refractivity contribution in [3.05, 3.63) is 34.1 Å². The molecule has 0 amide bonds. The lowest BCUT2D eigenvalue weighted by atomic mass is 9.98. The van der Waals surface area contributed by atoms with Crippen LogP contribution in [0.1, 0.15) is 33.3 Å². The van der Waals surface area contributed by atoms with Crippen LogP contribution in [0.3, 0.4) is 0 Å². The number of ether oxygens (including phenoxy) is 1. The molecule has 19 heavy (non-hydrogen) atoms. The molecule has 0 saturated carbocycles. The van der Waals surface area contributed by atoms with Crippen LogP contribution < -0.4 is 0 Å². The summed E-state index contributed by atoms with van der Waals surface area (Å²) in [6.07, 6.45) is 0. The smallest absolute Gasteiger partial charge is 0.137 e. The van der Waals surface area contributed by atoms with Crippen LogP contribution in [0.25, 0.3) is 0 Å². The van der Waals surface area contributed by atoms with Crippen molar-refractivity contribution < 1.29 is 9.13 Å². The molecule has 0 N–H and O–H groups in total. The van der Waals surface area contributed by atoms with Gasteiger partial charge >= 0.3 is 0 Å². The van der Waals surface area contributed by atoms with Gasteiger partial charge in [-0.1, -0.05) is 6.07 Å². The molecule has 2 nitrogen and oxygen atoms in total. The fourth-order valence-corrected chi connectivity index (χ4v) is 3.38. The number of hydrogen-bond acceptors (Lipinski definition) is 2. The minimum atomic E-state index is -0.216. The van der Waals surface area contributed by atoms with E-state index in [1.54, 1.807) is 0 Å². The summed E-state index contributed by atoms with van der Waals surface area (Å²) in [6, 6.07) is 5.20. The molecule has 0 unspecified atom stereocenters. The van der Waals surface area contributed by atoms with Crippen LogP contribution >= 0.6 is 15.9 Å². The van der Waals surface area contributed by atoms with E-state index >= 15 is 0 Å². The highest BCUT2D eigenvalue weighted by atomic mass is 79.9. The van der Waals surface area contributed by atoms with Crippen molar-refractivity contribution in [2.45, 2.75) is 45.4 Å². The first-order valence-corrected chi connectivity index (χ1v) is 7.33. The maximum Gasteiger partial charge on any atom is 0.137 e. The summed E-state index contributed by atoms with van der Waals surface area (Å²) >= 11 is 3.24. The first-order valence-electron chi connectivity index (χ1n) is 6.53. The third kappa shape index (κ3) is 4.01. The second kappa shape index (κ2) is 5.15. The molecule has 0 atom stereocenters. The van der Waals surface area contributed by atoms with E-state index in [-0.39, 0.29) is 17.0 Å². The number of hydrogen-bond donors (Lipinski definition) is 0. The Morgan fingerprint density at radius 2 is 1.79 bits per heavy atom. The molecular formula is C15H21BrFNO. The van der Waals surface area contributed by atoms with Crippen LogP contribution in [0.5, 0.6) is 0 Å². The molecule has 0 bridgehead atoms. The summed E-state index contributed by atoms with van der Waals surface area (Å²) in [4.78, 5) is 2.36. The van der Waals surface area contributed by atoms with Crippen LogP contribution in [0.4, 0.5) is 4.39 Å². The van der Waals surface area contributed by atoms with Gasteiger partial charge in [-0.05, 0) is 61.3 Å². The van der Waals surface area contributed by atoms with Gasteiger partial charge in [0.2, 0.25) is 0 Å². The van der Waals surface area contributed by atoms with E-state index in [0.717, 1.165) is 25.2 Å². The molecule has 2 rings (SSSR count). The Kier molecular flexibility index (Phi) is 4.05. The lowest BCUT2D eigenvalue weighted by Crippen LogP contribution is -2.56. The molecular weight excluding hydrogens is 309 g/mol. The van der Waals surface area contributed by atoms with E-state index in [1.807, 2.05) is 12.1 Å². The lowest BCUT2D eigenvalue weighted by Gasteiger charge is -2.47. The average Bonchev–Trinajstić information content (AvgIpc) is 2.18. The lowest BCUT2D eigenvalue weighted by molar-refractivity contribution is -0.182. The van der Waals surface area contributed by atoms with Gasteiger partial charge in [-0.3, -0.25) is 4.90 Å². The summed E-state index contributed by atoms with van der Waals surface area (Å²) in [7, 11) is 0. The molecule has 1 aromatic rings. The molecule has 1 aromatic carbocycles. The summed E-state index contributed by atoms with van der Waals surface area (Å²) in [5, 5.41) is 0. The summed E-state index contributed by atoms with van der Waals surface area (Å²) in [5.74, 6) is -0.216. The van der Waals surface area contributed by atoms with Crippen LogP contribution in [-0.4, -0.2) is 29.2 Å². The van der Waals surface area contributed by atoms with E-state index in [1.165, 1.54) is 6.07 Å². The molecule has 0 radical (unpaired) electrons. The van der Waals surface area contributed by atoms with E-state index in [9.17, 15) is 4.39 Å². The number of halogens is 2. The van der Waals surface area contributed by atoms with Gasteiger partial charge in [-0.25, -0.2) is 4.39 Å². The second-order valence-corrected chi connectivity index (χ2v) is 7.37. The van der Waals surface area contributed by atoms with Gasteiger partial charge in [0.1, 0.15) is 5.82 Å². The fraction of sp³-hybridized carbons (Fsp3) is 0.600. The highest BCUT2D eigenvalue weighted by molar-refractivity contribution is 9.10. The highest BCUT2D eigenvalue weighted by Crippen LogP contribution is 2.29. The maximum absolute atomic E-state index is 13.2. The van der Waals surface area contributed by atoms with Crippen molar-refractivity contribution in [1.82, 2.24) is 4.90 Å². The van der Waals surface area contributed by atoms with Crippen LogP contribution in [-0.2, 0) is 11.3 Å². The maximum atomic E-state index is 13.2. The zero-order valence-corrected chi connectivity index (χ0v) is 13.6. The third-order valence-corrected chi connectivity index (χ3v) is 3.76. The molecule has 1 aliphatic rings. The van der Waals surface area contributed by atoms with Gasteiger partial charge in [0, 0.05) is 19.6 Å². The topological polar surface area (TPSA) is 12.5 Å². The van der Waals surface area contributed by atoms with Gasteiger partial charge in [0.05, 0.1) is 15.7 Å². The van der Waals surface area contributed by atoms with Crippen LogP contribution in [0, 0.1) is 5.82 Å². The van der Waals surface area contributed by atoms with E-state index in [2.05, 4.69) is 48.5 Å². The van der Waals surface area contributed by atoms with Crippen molar-refractivity contribution in [3.8, 4) is 0 Å². The molecule has 106 valence electrons. The van der Waals surface area contributed by atoms with Gasteiger partial charge in [-0.15, -0.1) is 0 Å². The Labute approximate surface area is 123 Å². The Balaban J connectivity index is 2.11. The van der Waals surface area contributed by atoms with Gasteiger partial charge in [0.15, 0.2) is 0 Å². The molecule has 1 saturated heterocycles. The zero-order valence-electron chi connectivity index (χ0n) is 12.0. The number of nitrogens with zero attached hydrogens (tertiary/aromatic N) is 1. The normalized spacial score (nSPS) is 22.4. The summed E-state index contributed by atoms with van der Waals surface area (Å²) < 4.78 is 19.8. The molecule has 1 fully saturated rings. The largest absolute Gasteiger partial charge is 0.367 e. The highest BCUT2D eigenvalue weighted by Gasteiger charge is 2.37. The first kappa shape index (κ1) is 14.9. The number of morpholine rings is 1.